The van der Waals surface area contributed by atoms with Crippen LogP contribution in [0.2, 0.25) is 0 Å². The van der Waals surface area contributed by atoms with Gasteiger partial charge in [-0.15, -0.1) is 11.3 Å². The zero-order chi connectivity index (χ0) is 24.1. The number of methoxy groups -OCH3 is 1. The van der Waals surface area contributed by atoms with Crippen molar-refractivity contribution in [3.63, 3.8) is 0 Å². The number of anilines is 2. The van der Waals surface area contributed by atoms with E-state index in [1.54, 1.807) is 55.6 Å². The average molecular weight is 480 g/mol. The molecule has 3 aromatic rings. The minimum atomic E-state index is -0.523. The molecule has 1 aromatic heterocycles. The fourth-order valence-electron chi connectivity index (χ4n) is 3.84. The summed E-state index contributed by atoms with van der Waals surface area (Å²) in [7, 11) is 1.55. The number of nitrogens with one attached hydrogen (secondary N) is 2. The Morgan fingerprint density at radius 3 is 2.50 bits per heavy atom. The minimum Gasteiger partial charge on any atom is -0.497 e. The molecule has 0 saturated heterocycles. The van der Waals surface area contributed by atoms with Crippen LogP contribution in [0.3, 0.4) is 0 Å². The molecule has 9 heteroatoms. The summed E-state index contributed by atoms with van der Waals surface area (Å²) in [6.45, 7) is -0.189. The van der Waals surface area contributed by atoms with Crippen molar-refractivity contribution in [2.75, 3.05) is 24.4 Å². The van der Waals surface area contributed by atoms with Gasteiger partial charge in [-0.1, -0.05) is 6.07 Å². The summed E-state index contributed by atoms with van der Waals surface area (Å²) in [5.74, 6) is -0.107. The normalized spacial score (nSPS) is 12.4. The zero-order valence-corrected chi connectivity index (χ0v) is 19.5. The molecule has 0 radical (unpaired) electrons. The first-order valence-electron chi connectivity index (χ1n) is 10.9. The first kappa shape index (κ1) is 23.3. The van der Waals surface area contributed by atoms with Crippen LogP contribution in [0.15, 0.2) is 48.5 Å². The Balaban J connectivity index is 1.35. The van der Waals surface area contributed by atoms with Crippen molar-refractivity contribution < 1.29 is 23.9 Å². The van der Waals surface area contributed by atoms with Crippen molar-refractivity contribution >= 4 is 39.7 Å². The quantitative estimate of drug-likeness (QED) is 0.451. The molecule has 0 aliphatic heterocycles. The predicted molar refractivity (Wildman–Crippen MR) is 131 cm³/mol. The smallest absolute Gasteiger partial charge is 0.262 e. The van der Waals surface area contributed by atoms with E-state index in [2.05, 4.69) is 10.6 Å². The second-order valence-corrected chi connectivity index (χ2v) is 8.93. The molecule has 0 unspecified atom stereocenters. The number of hydrogen-bond donors (Lipinski definition) is 3. The minimum absolute atomic E-state index is 0.189. The Morgan fingerprint density at radius 2 is 1.76 bits per heavy atom. The number of ether oxygens (including phenoxy) is 2. The van der Waals surface area contributed by atoms with Crippen molar-refractivity contribution in [3.8, 4) is 11.5 Å². The lowest BCUT2D eigenvalue weighted by atomic mass is 9.95. The fourth-order valence-corrected chi connectivity index (χ4v) is 5.13. The third kappa shape index (κ3) is 5.37. The summed E-state index contributed by atoms with van der Waals surface area (Å²) in [5.41, 5.74) is 7.99. The van der Waals surface area contributed by atoms with Gasteiger partial charge in [-0.05, 0) is 67.6 Å². The van der Waals surface area contributed by atoms with Crippen LogP contribution in [-0.4, -0.2) is 31.4 Å². The number of benzene rings is 2. The lowest BCUT2D eigenvalue weighted by Crippen LogP contribution is -2.20. The maximum atomic E-state index is 12.8. The lowest BCUT2D eigenvalue weighted by molar-refractivity contribution is -0.118. The summed E-state index contributed by atoms with van der Waals surface area (Å²) in [5, 5.41) is 6.07. The number of carbonyl (C=O) groups is 3. The fraction of sp³-hybridized carbons (Fsp3) is 0.240. The molecular weight excluding hydrogens is 454 g/mol. The number of fused-ring (bicyclic) bond motifs is 1. The molecule has 176 valence electrons. The van der Waals surface area contributed by atoms with Crippen molar-refractivity contribution in [2.24, 2.45) is 5.73 Å². The molecule has 1 heterocycles. The van der Waals surface area contributed by atoms with Crippen molar-refractivity contribution in [1.29, 1.82) is 0 Å². The van der Waals surface area contributed by atoms with Gasteiger partial charge in [-0.3, -0.25) is 14.4 Å². The Hall–Kier alpha value is -3.85. The lowest BCUT2D eigenvalue weighted by Gasteiger charge is -2.11. The van der Waals surface area contributed by atoms with E-state index in [-0.39, 0.29) is 18.4 Å². The maximum Gasteiger partial charge on any atom is 0.262 e. The molecule has 8 nitrogen and oxygen atoms in total. The predicted octanol–water partition coefficient (Wildman–Crippen LogP) is 4.00. The van der Waals surface area contributed by atoms with Crippen LogP contribution in [0.4, 0.5) is 10.7 Å². The van der Waals surface area contributed by atoms with Crippen LogP contribution in [0, 0.1) is 0 Å². The first-order chi connectivity index (χ1) is 16.4. The van der Waals surface area contributed by atoms with E-state index < -0.39 is 5.91 Å². The topological polar surface area (TPSA) is 120 Å². The van der Waals surface area contributed by atoms with E-state index >= 15 is 0 Å². The van der Waals surface area contributed by atoms with Gasteiger partial charge in [-0.2, -0.15) is 0 Å². The summed E-state index contributed by atoms with van der Waals surface area (Å²) in [6.07, 6.45) is 3.78. The van der Waals surface area contributed by atoms with Gasteiger partial charge in [-0.25, -0.2) is 0 Å². The Bertz CT molecular complexity index is 1220. The SMILES string of the molecule is COc1cccc(NC(=O)COc2ccc(C(=O)Nc3sc4c(c3C(N)=O)CCCC4)cc2)c1. The Morgan fingerprint density at radius 1 is 1.00 bits per heavy atom. The van der Waals surface area contributed by atoms with Crippen molar-refractivity contribution in [1.82, 2.24) is 0 Å². The van der Waals surface area contributed by atoms with Gasteiger partial charge in [0, 0.05) is 22.2 Å². The highest BCUT2D eigenvalue weighted by atomic mass is 32.1. The molecule has 0 saturated carbocycles. The highest BCUT2D eigenvalue weighted by Gasteiger charge is 2.25. The molecule has 0 bridgehead atoms. The molecule has 0 spiro atoms. The van der Waals surface area contributed by atoms with Gasteiger partial charge in [0.1, 0.15) is 16.5 Å². The third-order valence-corrected chi connectivity index (χ3v) is 6.69. The van der Waals surface area contributed by atoms with E-state index in [0.717, 1.165) is 36.1 Å². The summed E-state index contributed by atoms with van der Waals surface area (Å²) >= 11 is 1.42. The van der Waals surface area contributed by atoms with Crippen LogP contribution in [0.1, 0.15) is 44.0 Å². The summed E-state index contributed by atoms with van der Waals surface area (Å²) in [6, 6.07) is 13.4. The molecule has 3 amide bonds. The number of thiophene rings is 1. The van der Waals surface area contributed by atoms with E-state index in [1.165, 1.54) is 11.3 Å². The molecule has 4 N–H and O–H groups in total. The molecule has 0 atom stereocenters. The molecule has 1 aliphatic carbocycles. The third-order valence-electron chi connectivity index (χ3n) is 5.48. The van der Waals surface area contributed by atoms with Crippen LogP contribution in [-0.2, 0) is 17.6 Å². The number of amides is 3. The number of carbonyl (C=O) groups excluding carboxylic acids is 3. The van der Waals surface area contributed by atoms with Gasteiger partial charge in [0.2, 0.25) is 0 Å². The number of nitrogens with two attached hydrogens (primary N) is 1. The molecule has 4 rings (SSSR count). The number of aryl methyl sites for hydroxylation is 1. The number of primary amides is 1. The number of hydrogen-bond acceptors (Lipinski definition) is 6. The number of rotatable bonds is 8. The van der Waals surface area contributed by atoms with E-state index in [0.29, 0.717) is 33.3 Å². The maximum absolute atomic E-state index is 12.8. The molecular formula is C25H25N3O5S. The largest absolute Gasteiger partial charge is 0.497 e. The van der Waals surface area contributed by atoms with Gasteiger partial charge in [0.15, 0.2) is 6.61 Å². The summed E-state index contributed by atoms with van der Waals surface area (Å²) < 4.78 is 10.7. The van der Waals surface area contributed by atoms with E-state index in [4.69, 9.17) is 15.2 Å². The van der Waals surface area contributed by atoms with Gasteiger partial charge in [0.25, 0.3) is 17.7 Å². The Kier molecular flexibility index (Phi) is 7.12. The second kappa shape index (κ2) is 10.4. The van der Waals surface area contributed by atoms with Crippen molar-refractivity contribution in [2.45, 2.75) is 25.7 Å². The van der Waals surface area contributed by atoms with Crippen LogP contribution in [0.25, 0.3) is 0 Å². The van der Waals surface area contributed by atoms with E-state index in [9.17, 15) is 14.4 Å². The molecule has 34 heavy (non-hydrogen) atoms. The van der Waals surface area contributed by atoms with Crippen LogP contribution in [0.5, 0.6) is 11.5 Å². The highest BCUT2D eigenvalue weighted by Crippen LogP contribution is 2.38. The standard InChI is InChI=1S/C25H25N3O5S/c1-32-18-6-4-5-16(13-18)27-21(29)14-33-17-11-9-15(10-12-17)24(31)28-25-22(23(26)30)19-7-2-3-8-20(19)34-25/h4-6,9-13H,2-3,7-8,14H2,1H3,(H2,26,30)(H,27,29)(H,28,31). The molecule has 2 aromatic carbocycles. The summed E-state index contributed by atoms with van der Waals surface area (Å²) in [4.78, 5) is 38.1. The molecule has 0 fully saturated rings. The van der Waals surface area contributed by atoms with Gasteiger partial charge >= 0.3 is 0 Å². The van der Waals surface area contributed by atoms with Crippen LogP contribution >= 0.6 is 11.3 Å². The average Bonchev–Trinajstić information content (AvgIpc) is 3.21. The second-order valence-electron chi connectivity index (χ2n) is 7.83. The van der Waals surface area contributed by atoms with Gasteiger partial charge < -0.3 is 25.8 Å². The van der Waals surface area contributed by atoms with E-state index in [1.807, 2.05) is 0 Å². The van der Waals surface area contributed by atoms with Crippen molar-refractivity contribution in [3.05, 3.63) is 70.1 Å². The monoisotopic (exact) mass is 479 g/mol. The van der Waals surface area contributed by atoms with Crippen LogP contribution < -0.4 is 25.8 Å². The van der Waals surface area contributed by atoms with Gasteiger partial charge in [0.05, 0.1) is 12.7 Å². The highest BCUT2D eigenvalue weighted by molar-refractivity contribution is 7.17. The molecule has 1 aliphatic rings. The Labute approximate surface area is 201 Å². The first-order valence-corrected chi connectivity index (χ1v) is 11.7. The zero-order valence-electron chi connectivity index (χ0n) is 18.7.